The molecule has 0 amide bonds. The first-order valence-corrected chi connectivity index (χ1v) is 10.3. The van der Waals surface area contributed by atoms with E-state index in [-0.39, 0.29) is 0 Å². The van der Waals surface area contributed by atoms with Crippen LogP contribution in [0.4, 0.5) is 0 Å². The summed E-state index contributed by atoms with van der Waals surface area (Å²) in [6, 6.07) is 1.42. The molecule has 0 bridgehead atoms. The standard InChI is InChI=1S/C20H39N2/c1-2-3-8-18-13-19(21)16-22(15-18,14-17-9-7-10-17)20-11-5-4-6-12-20/h17-20H,2-16,21H2,1H3/q+1. The molecule has 2 N–H and O–H groups in total. The van der Waals surface area contributed by atoms with Gasteiger partial charge in [-0.25, -0.2) is 0 Å². The lowest BCUT2D eigenvalue weighted by Crippen LogP contribution is -2.67. The van der Waals surface area contributed by atoms with E-state index in [0.717, 1.165) is 17.9 Å². The minimum atomic E-state index is 0.470. The van der Waals surface area contributed by atoms with Crippen LogP contribution in [-0.2, 0) is 0 Å². The third-order valence-electron chi connectivity index (χ3n) is 7.02. The van der Waals surface area contributed by atoms with Gasteiger partial charge in [-0.2, -0.15) is 0 Å². The van der Waals surface area contributed by atoms with E-state index < -0.39 is 0 Å². The van der Waals surface area contributed by atoms with E-state index in [1.165, 1.54) is 101 Å². The summed E-state index contributed by atoms with van der Waals surface area (Å²) in [6.45, 7) is 6.57. The number of piperidine rings is 1. The normalized spacial score (nSPS) is 37.9. The van der Waals surface area contributed by atoms with Gasteiger partial charge in [0.15, 0.2) is 0 Å². The highest BCUT2D eigenvalue weighted by molar-refractivity contribution is 4.81. The van der Waals surface area contributed by atoms with Gasteiger partial charge in [-0.3, -0.25) is 0 Å². The molecule has 3 fully saturated rings. The van der Waals surface area contributed by atoms with Crippen LogP contribution < -0.4 is 5.73 Å². The second kappa shape index (κ2) is 7.66. The van der Waals surface area contributed by atoms with Crippen molar-refractivity contribution >= 4 is 0 Å². The molecule has 2 nitrogen and oxygen atoms in total. The predicted octanol–water partition coefficient (Wildman–Crippen LogP) is 4.47. The van der Waals surface area contributed by atoms with Crippen LogP contribution in [-0.4, -0.2) is 36.2 Å². The molecule has 3 atom stereocenters. The SMILES string of the molecule is CCCCC1CC(N)C[N+](CC2CCC2)(C2CCCCC2)C1. The highest BCUT2D eigenvalue weighted by Crippen LogP contribution is 2.39. The van der Waals surface area contributed by atoms with E-state index in [1.807, 2.05) is 0 Å². The second-order valence-corrected chi connectivity index (χ2v) is 8.86. The topological polar surface area (TPSA) is 26.0 Å². The first-order valence-electron chi connectivity index (χ1n) is 10.3. The molecule has 3 unspecified atom stereocenters. The van der Waals surface area contributed by atoms with Gasteiger partial charge in [0.1, 0.15) is 0 Å². The molecule has 0 radical (unpaired) electrons. The Kier molecular flexibility index (Phi) is 5.84. The Morgan fingerprint density at radius 2 is 1.68 bits per heavy atom. The monoisotopic (exact) mass is 307 g/mol. The molecule has 2 saturated carbocycles. The number of nitrogens with zero attached hydrogens (tertiary/aromatic N) is 1. The van der Waals surface area contributed by atoms with Crippen molar-refractivity contribution in [1.29, 1.82) is 0 Å². The van der Waals surface area contributed by atoms with E-state index in [9.17, 15) is 0 Å². The second-order valence-electron chi connectivity index (χ2n) is 8.86. The molecule has 1 saturated heterocycles. The van der Waals surface area contributed by atoms with Crippen LogP contribution in [0, 0.1) is 11.8 Å². The molecule has 0 aromatic rings. The minimum absolute atomic E-state index is 0.470. The summed E-state index contributed by atoms with van der Waals surface area (Å²) >= 11 is 0. The molecule has 3 aliphatic rings. The van der Waals surface area contributed by atoms with Gasteiger partial charge in [-0.15, -0.1) is 0 Å². The molecule has 2 heteroatoms. The summed E-state index contributed by atoms with van der Waals surface area (Å²) < 4.78 is 1.43. The summed E-state index contributed by atoms with van der Waals surface area (Å²) in [5, 5.41) is 0. The first-order chi connectivity index (χ1) is 10.7. The average molecular weight is 308 g/mol. The van der Waals surface area contributed by atoms with Crippen molar-refractivity contribution < 1.29 is 4.48 Å². The number of quaternary nitrogens is 1. The number of likely N-dealkylation sites (tertiary alicyclic amines) is 1. The molecule has 0 aromatic heterocycles. The van der Waals surface area contributed by atoms with Crippen LogP contribution in [0.25, 0.3) is 0 Å². The number of hydrogen-bond donors (Lipinski definition) is 1. The van der Waals surface area contributed by atoms with Gasteiger partial charge in [0.25, 0.3) is 0 Å². The van der Waals surface area contributed by atoms with Crippen molar-refractivity contribution in [1.82, 2.24) is 0 Å². The molecule has 128 valence electrons. The van der Waals surface area contributed by atoms with Gasteiger partial charge in [-0.1, -0.05) is 32.6 Å². The molecular formula is C20H39N2+. The molecule has 1 aliphatic heterocycles. The van der Waals surface area contributed by atoms with Gasteiger partial charge < -0.3 is 10.2 Å². The maximum atomic E-state index is 6.60. The van der Waals surface area contributed by atoms with Crippen molar-refractivity contribution in [2.24, 2.45) is 17.6 Å². The zero-order valence-electron chi connectivity index (χ0n) is 14.9. The summed E-state index contributed by atoms with van der Waals surface area (Å²) in [6.07, 6.45) is 17.4. The lowest BCUT2D eigenvalue weighted by Gasteiger charge is -2.54. The van der Waals surface area contributed by atoms with Gasteiger partial charge in [-0.05, 0) is 51.4 Å². The Morgan fingerprint density at radius 1 is 0.909 bits per heavy atom. The summed E-state index contributed by atoms with van der Waals surface area (Å²) in [5.74, 6) is 1.93. The minimum Gasteiger partial charge on any atom is -0.323 e. The molecule has 1 heterocycles. The lowest BCUT2D eigenvalue weighted by atomic mass is 9.79. The third-order valence-corrected chi connectivity index (χ3v) is 7.02. The number of rotatable bonds is 6. The molecule has 2 aliphatic carbocycles. The van der Waals surface area contributed by atoms with E-state index in [0.29, 0.717) is 6.04 Å². The molecule has 3 rings (SSSR count). The summed E-state index contributed by atoms with van der Waals surface area (Å²) in [7, 11) is 0. The van der Waals surface area contributed by atoms with Crippen molar-refractivity contribution in [3.63, 3.8) is 0 Å². The third kappa shape index (κ3) is 3.87. The maximum absolute atomic E-state index is 6.60. The van der Waals surface area contributed by atoms with Crippen molar-refractivity contribution in [2.45, 2.75) is 96.1 Å². The van der Waals surface area contributed by atoms with Crippen LogP contribution in [0.2, 0.25) is 0 Å². The van der Waals surface area contributed by atoms with Crippen LogP contribution in [0.15, 0.2) is 0 Å². The van der Waals surface area contributed by atoms with Crippen LogP contribution in [0.1, 0.15) is 84.0 Å². The summed E-state index contributed by atoms with van der Waals surface area (Å²) in [5.41, 5.74) is 6.60. The fourth-order valence-corrected chi connectivity index (χ4v) is 5.75. The number of unbranched alkanes of at least 4 members (excludes halogenated alkanes) is 1. The van der Waals surface area contributed by atoms with Crippen molar-refractivity contribution in [2.75, 3.05) is 19.6 Å². The molecular weight excluding hydrogens is 268 g/mol. The number of nitrogens with two attached hydrogens (primary N) is 1. The zero-order chi connectivity index (χ0) is 15.4. The Hall–Kier alpha value is -0.0800. The Morgan fingerprint density at radius 3 is 2.32 bits per heavy atom. The number of hydrogen-bond acceptors (Lipinski definition) is 1. The van der Waals surface area contributed by atoms with Crippen molar-refractivity contribution in [3.8, 4) is 0 Å². The molecule has 22 heavy (non-hydrogen) atoms. The van der Waals surface area contributed by atoms with E-state index >= 15 is 0 Å². The lowest BCUT2D eigenvalue weighted by molar-refractivity contribution is -0.963. The van der Waals surface area contributed by atoms with Crippen LogP contribution in [0.5, 0.6) is 0 Å². The summed E-state index contributed by atoms with van der Waals surface area (Å²) in [4.78, 5) is 0. The van der Waals surface area contributed by atoms with E-state index in [1.54, 1.807) is 0 Å². The molecule has 0 spiro atoms. The van der Waals surface area contributed by atoms with Gasteiger partial charge in [0.05, 0.1) is 31.7 Å². The van der Waals surface area contributed by atoms with Crippen LogP contribution >= 0.6 is 0 Å². The van der Waals surface area contributed by atoms with E-state index in [2.05, 4.69) is 6.92 Å². The Balaban J connectivity index is 1.72. The zero-order valence-corrected chi connectivity index (χ0v) is 14.9. The quantitative estimate of drug-likeness (QED) is 0.720. The van der Waals surface area contributed by atoms with Gasteiger partial charge >= 0.3 is 0 Å². The van der Waals surface area contributed by atoms with Gasteiger partial charge in [0.2, 0.25) is 0 Å². The first kappa shape index (κ1) is 16.8. The Bertz CT molecular complexity index is 333. The largest absolute Gasteiger partial charge is 0.323 e. The van der Waals surface area contributed by atoms with Gasteiger partial charge in [0, 0.05) is 11.8 Å². The average Bonchev–Trinajstić information content (AvgIpc) is 2.49. The van der Waals surface area contributed by atoms with Crippen molar-refractivity contribution in [3.05, 3.63) is 0 Å². The molecule has 0 aromatic carbocycles. The fourth-order valence-electron chi connectivity index (χ4n) is 5.75. The highest BCUT2D eigenvalue weighted by Gasteiger charge is 2.46. The fraction of sp³-hybridized carbons (Fsp3) is 1.00. The van der Waals surface area contributed by atoms with E-state index in [4.69, 9.17) is 5.73 Å². The highest BCUT2D eigenvalue weighted by atomic mass is 15.4. The maximum Gasteiger partial charge on any atom is 0.0942 e. The smallest absolute Gasteiger partial charge is 0.0942 e. The predicted molar refractivity (Wildman–Crippen MR) is 94.7 cm³/mol. The van der Waals surface area contributed by atoms with Crippen LogP contribution in [0.3, 0.4) is 0 Å². The Labute approximate surface area is 138 Å².